The molecule has 1 heterocycles. The van der Waals surface area contributed by atoms with E-state index in [1.54, 1.807) is 67.0 Å². The highest BCUT2D eigenvalue weighted by Gasteiger charge is 2.28. The van der Waals surface area contributed by atoms with Gasteiger partial charge in [0.05, 0.1) is 17.7 Å². The van der Waals surface area contributed by atoms with Gasteiger partial charge in [-0.25, -0.2) is 4.98 Å². The van der Waals surface area contributed by atoms with Crippen LogP contribution in [0.1, 0.15) is 70.9 Å². The minimum Gasteiger partial charge on any atom is -0.345 e. The lowest BCUT2D eigenvalue weighted by Crippen LogP contribution is -2.20. The van der Waals surface area contributed by atoms with E-state index in [4.69, 9.17) is 0 Å². The summed E-state index contributed by atoms with van der Waals surface area (Å²) >= 11 is 0. The van der Waals surface area contributed by atoms with Crippen LogP contribution in [0.2, 0.25) is 0 Å². The molecule has 0 bridgehead atoms. The highest BCUT2D eigenvalue weighted by atomic mass is 16.1. The molecule has 0 unspecified atom stereocenters. The van der Waals surface area contributed by atoms with Gasteiger partial charge >= 0.3 is 0 Å². The number of nitrogens with one attached hydrogen (secondary N) is 1. The second-order valence-electron chi connectivity index (χ2n) is 5.36. The molecular weight excluding hydrogens is 360 g/mol. The maximum atomic E-state index is 12.1. The van der Waals surface area contributed by atoms with Crippen molar-refractivity contribution in [3.63, 3.8) is 0 Å². The Morgan fingerprint density at radius 2 is 1.10 bits per heavy atom. The number of imidazole rings is 1. The highest BCUT2D eigenvalue weighted by molar-refractivity contribution is 6.28. The van der Waals surface area contributed by atoms with Crippen molar-refractivity contribution in [3.8, 4) is 0 Å². The van der Waals surface area contributed by atoms with Crippen molar-refractivity contribution in [1.82, 2.24) is 9.97 Å². The summed E-state index contributed by atoms with van der Waals surface area (Å²) in [6.07, 6.45) is 5.02. The molecule has 4 nitrogen and oxygen atoms in total. The van der Waals surface area contributed by atoms with Gasteiger partial charge in [0.15, 0.2) is 11.6 Å². The summed E-state index contributed by atoms with van der Waals surface area (Å²) in [6.45, 7) is 15.2. The van der Waals surface area contributed by atoms with Gasteiger partial charge < -0.3 is 4.98 Å². The average molecular weight is 389 g/mol. The summed E-state index contributed by atoms with van der Waals surface area (Å²) in [5, 5.41) is 0. The summed E-state index contributed by atoms with van der Waals surface area (Å²) in [6, 6.07) is 13.9. The first-order valence-corrected chi connectivity index (χ1v) is 9.73. The summed E-state index contributed by atoms with van der Waals surface area (Å²) in [4.78, 5) is 31.1. The molecule has 3 aromatic rings. The quantitative estimate of drug-likeness (QED) is 0.444. The van der Waals surface area contributed by atoms with Gasteiger partial charge in [0.2, 0.25) is 0 Å². The number of aromatic amines is 1. The molecule has 1 N–H and O–H groups in total. The molecule has 4 heteroatoms. The van der Waals surface area contributed by atoms with E-state index in [-0.39, 0.29) is 11.6 Å². The van der Waals surface area contributed by atoms with Crippen molar-refractivity contribution >= 4 is 23.7 Å². The van der Waals surface area contributed by atoms with Crippen LogP contribution in [0.3, 0.4) is 0 Å². The number of carbonyl (C=O) groups is 2. The first kappa shape index (κ1) is 23.5. The van der Waals surface area contributed by atoms with E-state index < -0.39 is 0 Å². The molecule has 0 radical (unpaired) electrons. The maximum Gasteiger partial charge on any atom is 0.194 e. The van der Waals surface area contributed by atoms with Crippen LogP contribution < -0.4 is 0 Å². The van der Waals surface area contributed by atoms with E-state index in [2.05, 4.69) is 23.1 Å². The Hall–Kier alpha value is -3.53. The van der Waals surface area contributed by atoms with Crippen molar-refractivity contribution in [1.29, 1.82) is 0 Å². The van der Waals surface area contributed by atoms with Crippen LogP contribution in [0.4, 0.5) is 0 Å². The Kier molecular flexibility index (Phi) is 9.75. The number of benzene rings is 2. The zero-order valence-corrected chi connectivity index (χ0v) is 17.5. The van der Waals surface area contributed by atoms with Crippen molar-refractivity contribution < 1.29 is 9.59 Å². The van der Waals surface area contributed by atoms with Crippen LogP contribution in [0.25, 0.3) is 12.2 Å². The summed E-state index contributed by atoms with van der Waals surface area (Å²) in [5.41, 5.74) is 3.80. The lowest BCUT2D eigenvalue weighted by Gasteiger charge is -2.16. The van der Waals surface area contributed by atoms with Crippen molar-refractivity contribution in [2.75, 3.05) is 0 Å². The van der Waals surface area contributed by atoms with Gasteiger partial charge in [-0.15, -0.1) is 0 Å². The number of fused-ring (bicyclic) bond motifs is 2. The number of ketones is 2. The molecule has 1 aromatic heterocycles. The van der Waals surface area contributed by atoms with Crippen LogP contribution in [0.5, 0.6) is 0 Å². The van der Waals surface area contributed by atoms with E-state index in [0.717, 1.165) is 11.4 Å². The van der Waals surface area contributed by atoms with Crippen LogP contribution in [-0.2, 0) is 0 Å². The Morgan fingerprint density at radius 1 is 0.724 bits per heavy atom. The lowest BCUT2D eigenvalue weighted by atomic mass is 9.84. The average Bonchev–Trinajstić information content (AvgIpc) is 3.28. The first-order valence-electron chi connectivity index (χ1n) is 9.73. The van der Waals surface area contributed by atoms with E-state index in [1.807, 2.05) is 27.7 Å². The number of nitrogens with zero attached hydrogens (tertiary/aromatic N) is 1. The molecule has 0 amide bonds. The van der Waals surface area contributed by atoms with Gasteiger partial charge in [-0.3, -0.25) is 9.59 Å². The molecule has 0 atom stereocenters. The van der Waals surface area contributed by atoms with Gasteiger partial charge in [0.25, 0.3) is 0 Å². The molecule has 0 spiro atoms. The van der Waals surface area contributed by atoms with Crippen LogP contribution in [-0.4, -0.2) is 21.5 Å². The van der Waals surface area contributed by atoms with Gasteiger partial charge in [-0.05, 0) is 12.2 Å². The Morgan fingerprint density at radius 3 is 1.38 bits per heavy atom. The molecule has 0 aliphatic heterocycles. The van der Waals surface area contributed by atoms with Gasteiger partial charge in [-0.2, -0.15) is 0 Å². The zero-order valence-electron chi connectivity index (χ0n) is 17.5. The smallest absolute Gasteiger partial charge is 0.194 e. The monoisotopic (exact) mass is 388 g/mol. The van der Waals surface area contributed by atoms with Crippen molar-refractivity contribution in [2.24, 2.45) is 0 Å². The second-order valence-corrected chi connectivity index (χ2v) is 5.36. The Bertz CT molecular complexity index is 856. The maximum absolute atomic E-state index is 12.1. The number of carbonyl (C=O) groups excluding carboxylic acids is 2. The number of hydrogen-bond acceptors (Lipinski definition) is 3. The second kappa shape index (κ2) is 12.0. The fraction of sp³-hybridized carbons (Fsp3) is 0.160. The summed E-state index contributed by atoms with van der Waals surface area (Å²) in [5.74, 6) is -0.128. The molecule has 1 aliphatic rings. The topological polar surface area (TPSA) is 62.8 Å². The fourth-order valence-electron chi connectivity index (χ4n) is 2.69. The Balaban J connectivity index is 0.000000277. The minimum atomic E-state index is -0.0641. The van der Waals surface area contributed by atoms with Gasteiger partial charge in [-0.1, -0.05) is 89.4 Å². The first-order chi connectivity index (χ1) is 14.2. The molecule has 0 saturated heterocycles. The molecule has 0 saturated carbocycles. The predicted molar refractivity (Wildman–Crippen MR) is 121 cm³/mol. The van der Waals surface area contributed by atoms with E-state index >= 15 is 0 Å². The van der Waals surface area contributed by atoms with Crippen molar-refractivity contribution in [2.45, 2.75) is 27.7 Å². The largest absolute Gasteiger partial charge is 0.345 e. The number of hydrogen-bond donors (Lipinski definition) is 1. The molecule has 2 aromatic carbocycles. The van der Waals surface area contributed by atoms with Gasteiger partial charge in [0.1, 0.15) is 0 Å². The molecule has 1 aliphatic carbocycles. The SMILES string of the molecule is C=Cc1nc[nH]c1C=C.CC.CC.O=C1c2ccccc2C(=O)c2ccccc21. The third kappa shape index (κ3) is 5.26. The Labute approximate surface area is 173 Å². The van der Waals surface area contributed by atoms with E-state index in [9.17, 15) is 9.59 Å². The fourth-order valence-corrected chi connectivity index (χ4v) is 2.69. The molecule has 150 valence electrons. The minimum absolute atomic E-state index is 0.0641. The molecule has 29 heavy (non-hydrogen) atoms. The lowest BCUT2D eigenvalue weighted by molar-refractivity contribution is 0.0979. The van der Waals surface area contributed by atoms with Crippen LogP contribution in [0.15, 0.2) is 68.0 Å². The zero-order chi connectivity index (χ0) is 21.8. The third-order valence-electron chi connectivity index (χ3n) is 3.93. The van der Waals surface area contributed by atoms with E-state index in [1.165, 1.54) is 0 Å². The molecule has 4 rings (SSSR count). The number of aromatic nitrogens is 2. The molecule has 0 fully saturated rings. The normalized spacial score (nSPS) is 10.5. The molecular formula is C25H28N2O2. The standard InChI is InChI=1S/C14H8O2.C7H8N2.2C2H6/c15-13-9-5-1-2-6-10(9)14(16)12-8-4-3-7-11(12)13;1-3-6-7(4-2)9-5-8-6;2*1-2/h1-8H;3-5H,1-2H2,(H,8,9);2*1-2H3. The van der Waals surface area contributed by atoms with Crippen LogP contribution >= 0.6 is 0 Å². The highest BCUT2D eigenvalue weighted by Crippen LogP contribution is 2.26. The van der Waals surface area contributed by atoms with Gasteiger partial charge in [0, 0.05) is 22.3 Å². The summed E-state index contributed by atoms with van der Waals surface area (Å²) < 4.78 is 0. The van der Waals surface area contributed by atoms with E-state index in [0.29, 0.717) is 22.3 Å². The third-order valence-corrected chi connectivity index (χ3v) is 3.93. The van der Waals surface area contributed by atoms with Crippen molar-refractivity contribution in [3.05, 3.63) is 102 Å². The number of H-pyrrole nitrogens is 1. The van der Waals surface area contributed by atoms with Crippen LogP contribution in [0, 0.1) is 0 Å². The summed E-state index contributed by atoms with van der Waals surface area (Å²) in [7, 11) is 0. The number of rotatable bonds is 2. The predicted octanol–water partition coefficient (Wildman–Crippen LogP) is 6.21.